The van der Waals surface area contributed by atoms with Gasteiger partial charge in [0.2, 0.25) is 0 Å². The Morgan fingerprint density at radius 3 is 2.61 bits per heavy atom. The molecule has 0 radical (unpaired) electrons. The van der Waals surface area contributed by atoms with E-state index < -0.39 is 10.5 Å². The van der Waals surface area contributed by atoms with E-state index in [1.165, 1.54) is 16.9 Å². The lowest BCUT2D eigenvalue weighted by Crippen LogP contribution is -2.15. The summed E-state index contributed by atoms with van der Waals surface area (Å²) < 4.78 is 1.28. The number of nitro groups is 1. The predicted molar refractivity (Wildman–Crippen MR) is 63.3 cm³/mol. The Hall–Kier alpha value is -2.28. The Kier molecular flexibility index (Phi) is 2.84. The maximum Gasteiger partial charge on any atom is 0.294 e. The van der Waals surface area contributed by atoms with Crippen LogP contribution >= 0.6 is 0 Å². The average molecular weight is 248 g/mol. The molecule has 0 aliphatic carbocycles. The van der Waals surface area contributed by atoms with Crippen LogP contribution in [0, 0.1) is 10.1 Å². The van der Waals surface area contributed by atoms with Crippen molar-refractivity contribution in [2.75, 3.05) is 0 Å². The second kappa shape index (κ2) is 4.19. The van der Waals surface area contributed by atoms with Gasteiger partial charge in [-0.2, -0.15) is 0 Å². The molecule has 1 aromatic heterocycles. The molecule has 1 N–H and O–H groups in total. The van der Waals surface area contributed by atoms with Crippen molar-refractivity contribution in [1.82, 2.24) is 15.0 Å². The fraction of sp³-hybridized carbons (Fsp3) is 0.273. The van der Waals surface area contributed by atoms with Crippen molar-refractivity contribution in [2.45, 2.75) is 19.4 Å². The molecular formula is C11H12N4O3. The van der Waals surface area contributed by atoms with Crippen molar-refractivity contribution in [3.63, 3.8) is 0 Å². The van der Waals surface area contributed by atoms with Crippen molar-refractivity contribution in [2.24, 2.45) is 0 Å². The van der Waals surface area contributed by atoms with Gasteiger partial charge in [0, 0.05) is 6.07 Å². The summed E-state index contributed by atoms with van der Waals surface area (Å²) in [5.74, 6) is 0. The van der Waals surface area contributed by atoms with Crippen molar-refractivity contribution in [1.29, 1.82) is 0 Å². The van der Waals surface area contributed by atoms with Crippen LogP contribution in [-0.2, 0) is 5.60 Å². The number of rotatable bonds is 3. The summed E-state index contributed by atoms with van der Waals surface area (Å²) in [6, 6.07) is 6.21. The topological polar surface area (TPSA) is 94.1 Å². The molecule has 0 amide bonds. The summed E-state index contributed by atoms with van der Waals surface area (Å²) in [5.41, 5.74) is -0.544. The fourth-order valence-electron chi connectivity index (χ4n) is 1.47. The number of para-hydroxylation sites is 2. The summed E-state index contributed by atoms with van der Waals surface area (Å²) in [5, 5.41) is 28.3. The van der Waals surface area contributed by atoms with E-state index in [1.807, 2.05) is 0 Å². The molecule has 1 aromatic carbocycles. The first-order valence-electron chi connectivity index (χ1n) is 5.28. The van der Waals surface area contributed by atoms with Crippen molar-refractivity contribution in [3.05, 3.63) is 46.3 Å². The Morgan fingerprint density at radius 2 is 2.06 bits per heavy atom. The highest BCUT2D eigenvalue weighted by atomic mass is 16.6. The molecule has 7 nitrogen and oxygen atoms in total. The minimum atomic E-state index is -1.14. The molecule has 0 fully saturated rings. The summed E-state index contributed by atoms with van der Waals surface area (Å²) in [6.45, 7) is 3.14. The standard InChI is InChI=1S/C11H12N4O3/c1-11(2,16)10-7-14(13-12-10)8-5-3-4-6-9(8)15(17)18/h3-7,16H,1-2H3. The number of aliphatic hydroxyl groups is 1. The Morgan fingerprint density at radius 1 is 1.39 bits per heavy atom. The largest absolute Gasteiger partial charge is 0.384 e. The van der Waals surface area contributed by atoms with Gasteiger partial charge < -0.3 is 5.11 Å². The van der Waals surface area contributed by atoms with Crippen LogP contribution in [0.2, 0.25) is 0 Å². The maximum atomic E-state index is 10.9. The summed E-state index contributed by atoms with van der Waals surface area (Å²) in [7, 11) is 0. The van der Waals surface area contributed by atoms with Crippen LogP contribution < -0.4 is 0 Å². The lowest BCUT2D eigenvalue weighted by molar-refractivity contribution is -0.384. The molecule has 94 valence electrons. The van der Waals surface area contributed by atoms with Gasteiger partial charge in [0.25, 0.3) is 5.69 Å². The number of hydrogen-bond donors (Lipinski definition) is 1. The van der Waals surface area contributed by atoms with E-state index >= 15 is 0 Å². The second-order valence-corrected chi connectivity index (χ2v) is 4.35. The minimum absolute atomic E-state index is 0.0651. The highest BCUT2D eigenvalue weighted by Crippen LogP contribution is 2.23. The van der Waals surface area contributed by atoms with E-state index in [0.717, 1.165) is 0 Å². The SMILES string of the molecule is CC(C)(O)c1cn(-c2ccccc2[N+](=O)[O-])nn1. The smallest absolute Gasteiger partial charge is 0.294 e. The molecule has 0 saturated heterocycles. The van der Waals surface area contributed by atoms with Gasteiger partial charge in [0.15, 0.2) is 0 Å². The molecule has 2 aromatic rings. The number of nitrogens with zero attached hydrogens (tertiary/aromatic N) is 4. The highest BCUT2D eigenvalue weighted by Gasteiger charge is 2.22. The van der Waals surface area contributed by atoms with Crippen LogP contribution in [0.15, 0.2) is 30.5 Å². The van der Waals surface area contributed by atoms with Gasteiger partial charge >= 0.3 is 0 Å². The van der Waals surface area contributed by atoms with E-state index in [9.17, 15) is 15.2 Å². The molecule has 0 bridgehead atoms. The van der Waals surface area contributed by atoms with Gasteiger partial charge in [-0.1, -0.05) is 17.3 Å². The zero-order valence-electron chi connectivity index (χ0n) is 9.94. The number of aromatic nitrogens is 3. The number of benzene rings is 1. The summed E-state index contributed by atoms with van der Waals surface area (Å²) in [4.78, 5) is 10.4. The molecule has 0 saturated carbocycles. The van der Waals surface area contributed by atoms with Crippen LogP contribution in [-0.4, -0.2) is 25.0 Å². The van der Waals surface area contributed by atoms with Crippen LogP contribution in [0.5, 0.6) is 0 Å². The highest BCUT2D eigenvalue weighted by molar-refractivity contribution is 5.51. The first-order valence-corrected chi connectivity index (χ1v) is 5.28. The Labute approximate surface area is 103 Å². The lowest BCUT2D eigenvalue weighted by atomic mass is 10.1. The van der Waals surface area contributed by atoms with Gasteiger partial charge in [0.05, 0.1) is 11.1 Å². The van der Waals surface area contributed by atoms with E-state index in [1.54, 1.807) is 32.0 Å². The molecule has 0 atom stereocenters. The lowest BCUT2D eigenvalue weighted by Gasteiger charge is -2.11. The van der Waals surface area contributed by atoms with Gasteiger partial charge in [0.1, 0.15) is 17.0 Å². The van der Waals surface area contributed by atoms with Crippen molar-refractivity contribution in [3.8, 4) is 5.69 Å². The van der Waals surface area contributed by atoms with Crippen molar-refractivity contribution < 1.29 is 10.0 Å². The van der Waals surface area contributed by atoms with E-state index in [2.05, 4.69) is 10.3 Å². The maximum absolute atomic E-state index is 10.9. The van der Waals surface area contributed by atoms with Crippen molar-refractivity contribution >= 4 is 5.69 Å². The first-order chi connectivity index (χ1) is 8.39. The monoisotopic (exact) mass is 248 g/mol. The minimum Gasteiger partial charge on any atom is -0.384 e. The van der Waals surface area contributed by atoms with Gasteiger partial charge in [-0.25, -0.2) is 4.68 Å². The van der Waals surface area contributed by atoms with E-state index in [-0.39, 0.29) is 5.69 Å². The third kappa shape index (κ3) is 2.21. The molecular weight excluding hydrogens is 236 g/mol. The third-order valence-corrected chi connectivity index (χ3v) is 2.45. The molecule has 0 aliphatic rings. The zero-order valence-corrected chi connectivity index (χ0v) is 9.94. The third-order valence-electron chi connectivity index (χ3n) is 2.45. The van der Waals surface area contributed by atoms with Crippen LogP contribution in [0.1, 0.15) is 19.5 Å². The average Bonchev–Trinajstić information content (AvgIpc) is 2.77. The Bertz CT molecular complexity index is 586. The van der Waals surface area contributed by atoms with E-state index in [0.29, 0.717) is 11.4 Å². The van der Waals surface area contributed by atoms with E-state index in [4.69, 9.17) is 0 Å². The molecule has 0 aliphatic heterocycles. The first kappa shape index (κ1) is 12.2. The molecule has 18 heavy (non-hydrogen) atoms. The molecule has 1 heterocycles. The molecule has 2 rings (SSSR count). The number of hydrogen-bond acceptors (Lipinski definition) is 5. The summed E-state index contributed by atoms with van der Waals surface area (Å²) in [6.07, 6.45) is 1.47. The van der Waals surface area contributed by atoms with Crippen LogP contribution in [0.25, 0.3) is 5.69 Å². The zero-order chi connectivity index (χ0) is 13.3. The Balaban J connectivity index is 2.50. The summed E-state index contributed by atoms with van der Waals surface area (Å²) >= 11 is 0. The predicted octanol–water partition coefficient (Wildman–Crippen LogP) is 1.40. The molecule has 0 unspecified atom stereocenters. The molecule has 7 heteroatoms. The molecule has 0 spiro atoms. The second-order valence-electron chi connectivity index (χ2n) is 4.35. The quantitative estimate of drug-likeness (QED) is 0.654. The van der Waals surface area contributed by atoms with Gasteiger partial charge in [-0.3, -0.25) is 10.1 Å². The number of nitro benzene ring substituents is 1. The fourth-order valence-corrected chi connectivity index (χ4v) is 1.47. The normalized spacial score (nSPS) is 11.5. The van der Waals surface area contributed by atoms with Gasteiger partial charge in [-0.05, 0) is 19.9 Å². The van der Waals surface area contributed by atoms with Gasteiger partial charge in [-0.15, -0.1) is 5.10 Å². The van der Waals surface area contributed by atoms with Crippen LogP contribution in [0.4, 0.5) is 5.69 Å². The van der Waals surface area contributed by atoms with Crippen LogP contribution in [0.3, 0.4) is 0 Å².